The van der Waals surface area contributed by atoms with Gasteiger partial charge in [-0.15, -0.1) is 0 Å². The number of likely N-dealkylation sites (tertiary alicyclic amines) is 1. The molecule has 0 radical (unpaired) electrons. The number of nitrogens with zero attached hydrogens (tertiary/aromatic N) is 1. The fourth-order valence-corrected chi connectivity index (χ4v) is 3.80. The monoisotopic (exact) mass is 287 g/mol. The van der Waals surface area contributed by atoms with Crippen LogP contribution in [0.25, 0.3) is 0 Å². The molecular weight excluding hydrogens is 258 g/mol. The summed E-state index contributed by atoms with van der Waals surface area (Å²) in [5.41, 5.74) is 1.67. The molecule has 116 valence electrons. The van der Waals surface area contributed by atoms with Crippen molar-refractivity contribution in [2.45, 2.75) is 58.9 Å². The maximum Gasteiger partial charge on any atom is 0.157 e. The number of allylic oxidation sites excluding steroid dienone is 4. The minimum Gasteiger partial charge on any atom is -0.375 e. The van der Waals surface area contributed by atoms with E-state index in [1.54, 1.807) is 0 Å². The average molecular weight is 287 g/mol. The van der Waals surface area contributed by atoms with E-state index >= 15 is 0 Å². The van der Waals surface area contributed by atoms with E-state index in [0.717, 1.165) is 19.4 Å². The summed E-state index contributed by atoms with van der Waals surface area (Å²) in [7, 11) is 0. The second kappa shape index (κ2) is 6.64. The predicted molar refractivity (Wildman–Crippen MR) is 89.0 cm³/mol. The third-order valence-electron chi connectivity index (χ3n) is 5.16. The third kappa shape index (κ3) is 3.87. The van der Waals surface area contributed by atoms with Gasteiger partial charge in [-0.25, -0.2) is 0 Å². The van der Waals surface area contributed by atoms with Crippen LogP contribution in [0.4, 0.5) is 0 Å². The Morgan fingerprint density at radius 3 is 2.95 bits per heavy atom. The van der Waals surface area contributed by atoms with E-state index in [9.17, 15) is 4.79 Å². The molecule has 1 aliphatic carbocycles. The molecule has 1 saturated heterocycles. The van der Waals surface area contributed by atoms with Gasteiger partial charge in [0.2, 0.25) is 0 Å². The van der Waals surface area contributed by atoms with Crippen molar-refractivity contribution in [1.82, 2.24) is 4.90 Å². The van der Waals surface area contributed by atoms with Crippen LogP contribution < -0.4 is 0 Å². The second-order valence-corrected chi connectivity index (χ2v) is 7.20. The van der Waals surface area contributed by atoms with Crippen LogP contribution in [0.3, 0.4) is 0 Å². The summed E-state index contributed by atoms with van der Waals surface area (Å²) < 4.78 is 0. The van der Waals surface area contributed by atoms with Crippen molar-refractivity contribution in [2.24, 2.45) is 11.3 Å². The quantitative estimate of drug-likeness (QED) is 0.548. The lowest BCUT2D eigenvalue weighted by molar-refractivity contribution is -0.115. The van der Waals surface area contributed by atoms with Crippen LogP contribution in [0.15, 0.2) is 36.6 Å². The summed E-state index contributed by atoms with van der Waals surface area (Å²) in [5, 5.41) is 0. The van der Waals surface area contributed by atoms with Crippen molar-refractivity contribution < 1.29 is 4.79 Å². The Kier molecular flexibility index (Phi) is 5.08. The molecule has 2 heteroatoms. The van der Waals surface area contributed by atoms with Crippen LogP contribution in [-0.4, -0.2) is 23.3 Å². The molecule has 0 saturated carbocycles. The first-order valence-corrected chi connectivity index (χ1v) is 8.20. The predicted octanol–water partition coefficient (Wildman–Crippen LogP) is 4.49. The Morgan fingerprint density at radius 1 is 1.52 bits per heavy atom. The normalized spacial score (nSPS) is 28.7. The number of carbonyl (C=O) groups excluding carboxylic acids is 1. The van der Waals surface area contributed by atoms with E-state index in [4.69, 9.17) is 0 Å². The van der Waals surface area contributed by atoms with Crippen LogP contribution in [0.2, 0.25) is 0 Å². The Hall–Kier alpha value is -1.31. The molecule has 0 N–H and O–H groups in total. The van der Waals surface area contributed by atoms with Crippen LogP contribution in [-0.2, 0) is 4.79 Å². The number of carbonyl (C=O) groups is 1. The van der Waals surface area contributed by atoms with E-state index in [1.165, 1.54) is 18.4 Å². The molecule has 2 aliphatic rings. The molecule has 2 unspecified atom stereocenters. The van der Waals surface area contributed by atoms with Gasteiger partial charge < -0.3 is 4.90 Å². The zero-order chi connectivity index (χ0) is 15.5. The molecule has 2 nitrogen and oxygen atoms in total. The summed E-state index contributed by atoms with van der Waals surface area (Å²) in [4.78, 5) is 14.5. The van der Waals surface area contributed by atoms with Crippen molar-refractivity contribution in [3.8, 4) is 0 Å². The van der Waals surface area contributed by atoms with Crippen molar-refractivity contribution >= 4 is 5.78 Å². The average Bonchev–Trinajstić information content (AvgIpc) is 2.84. The van der Waals surface area contributed by atoms with Gasteiger partial charge in [0.1, 0.15) is 0 Å². The standard InChI is InChI=1S/C19H29NO/c1-5-20-13-7-9-16(20)14-17(21)10-11-18-15(2)8-6-12-19(18,3)4/h5,8,10-11,16,18H,1,6-7,9,12-14H2,2-4H3/b11-10+. The highest BCUT2D eigenvalue weighted by Crippen LogP contribution is 2.41. The Labute approximate surface area is 129 Å². The van der Waals surface area contributed by atoms with E-state index < -0.39 is 0 Å². The van der Waals surface area contributed by atoms with Gasteiger partial charge in [0.25, 0.3) is 0 Å². The van der Waals surface area contributed by atoms with Crippen molar-refractivity contribution in [1.29, 1.82) is 0 Å². The fraction of sp³-hybridized carbons (Fsp3) is 0.632. The van der Waals surface area contributed by atoms with Crippen LogP contribution in [0.1, 0.15) is 52.9 Å². The van der Waals surface area contributed by atoms with Gasteiger partial charge in [0, 0.05) is 24.9 Å². The molecule has 0 bridgehead atoms. The SMILES string of the molecule is C=CN1CCCC1CC(=O)/C=C/C1C(C)=CCCC1(C)C. The molecule has 1 fully saturated rings. The van der Waals surface area contributed by atoms with E-state index in [-0.39, 0.29) is 11.2 Å². The van der Waals surface area contributed by atoms with Gasteiger partial charge >= 0.3 is 0 Å². The van der Waals surface area contributed by atoms with Gasteiger partial charge in [0.15, 0.2) is 5.78 Å². The van der Waals surface area contributed by atoms with Gasteiger partial charge in [-0.3, -0.25) is 4.79 Å². The molecule has 2 rings (SSSR count). The van der Waals surface area contributed by atoms with Gasteiger partial charge in [0.05, 0.1) is 0 Å². The highest BCUT2D eigenvalue weighted by atomic mass is 16.1. The number of hydrogen-bond donors (Lipinski definition) is 0. The lowest BCUT2D eigenvalue weighted by Gasteiger charge is -2.36. The maximum absolute atomic E-state index is 12.3. The summed E-state index contributed by atoms with van der Waals surface area (Å²) in [5.74, 6) is 0.650. The zero-order valence-electron chi connectivity index (χ0n) is 13.8. The topological polar surface area (TPSA) is 20.3 Å². The largest absolute Gasteiger partial charge is 0.375 e. The Morgan fingerprint density at radius 2 is 2.29 bits per heavy atom. The number of ketones is 1. The smallest absolute Gasteiger partial charge is 0.157 e. The molecule has 21 heavy (non-hydrogen) atoms. The molecule has 0 aromatic rings. The maximum atomic E-state index is 12.3. The highest BCUT2D eigenvalue weighted by molar-refractivity contribution is 5.90. The molecule has 0 aromatic carbocycles. The van der Waals surface area contributed by atoms with Gasteiger partial charge in [-0.2, -0.15) is 0 Å². The summed E-state index contributed by atoms with van der Waals surface area (Å²) in [6.07, 6.45) is 13.4. The molecule has 2 atom stereocenters. The summed E-state index contributed by atoms with van der Waals surface area (Å²) in [6, 6.07) is 0.357. The fourth-order valence-electron chi connectivity index (χ4n) is 3.80. The van der Waals surface area contributed by atoms with E-state index in [0.29, 0.717) is 18.4 Å². The van der Waals surface area contributed by atoms with Crippen molar-refractivity contribution in [2.75, 3.05) is 6.54 Å². The molecule has 0 amide bonds. The first kappa shape index (κ1) is 16.1. The molecular formula is C19H29NO. The summed E-state index contributed by atoms with van der Waals surface area (Å²) in [6.45, 7) is 11.7. The first-order chi connectivity index (χ1) is 9.94. The zero-order valence-corrected chi connectivity index (χ0v) is 13.8. The summed E-state index contributed by atoms with van der Waals surface area (Å²) >= 11 is 0. The second-order valence-electron chi connectivity index (χ2n) is 7.20. The molecule has 1 heterocycles. The van der Waals surface area contributed by atoms with E-state index in [2.05, 4.69) is 44.4 Å². The van der Waals surface area contributed by atoms with Crippen LogP contribution >= 0.6 is 0 Å². The lowest BCUT2D eigenvalue weighted by atomic mass is 9.68. The number of rotatable bonds is 5. The van der Waals surface area contributed by atoms with Crippen molar-refractivity contribution in [3.63, 3.8) is 0 Å². The van der Waals surface area contributed by atoms with E-state index in [1.807, 2.05) is 12.3 Å². The van der Waals surface area contributed by atoms with Gasteiger partial charge in [-0.05, 0) is 50.3 Å². The van der Waals surface area contributed by atoms with Crippen LogP contribution in [0.5, 0.6) is 0 Å². The Balaban J connectivity index is 1.97. The minimum atomic E-state index is 0.253. The van der Waals surface area contributed by atoms with Crippen LogP contribution in [0, 0.1) is 11.3 Å². The van der Waals surface area contributed by atoms with Crippen molar-refractivity contribution in [3.05, 3.63) is 36.6 Å². The minimum absolute atomic E-state index is 0.253. The molecule has 1 aliphatic heterocycles. The van der Waals surface area contributed by atoms with Gasteiger partial charge in [-0.1, -0.05) is 38.2 Å². The molecule has 0 spiro atoms. The Bertz CT molecular complexity index is 458. The lowest BCUT2D eigenvalue weighted by Crippen LogP contribution is -2.27. The highest BCUT2D eigenvalue weighted by Gasteiger charge is 2.31. The third-order valence-corrected chi connectivity index (χ3v) is 5.16. The first-order valence-electron chi connectivity index (χ1n) is 8.20. The number of hydrogen-bond acceptors (Lipinski definition) is 2. The molecule has 0 aromatic heterocycles.